The van der Waals surface area contributed by atoms with Crippen LogP contribution < -0.4 is 10.6 Å². The maximum absolute atomic E-state index is 13.0. The third-order valence-electron chi connectivity index (χ3n) is 5.64. The van der Waals surface area contributed by atoms with E-state index >= 15 is 0 Å². The highest BCUT2D eigenvalue weighted by molar-refractivity contribution is 7.89. The smallest absolute Gasteiger partial charge is 0.411 e. The molecule has 33 heavy (non-hydrogen) atoms. The maximum Gasteiger partial charge on any atom is 0.411 e. The quantitative estimate of drug-likeness (QED) is 0.600. The molecule has 0 aliphatic carbocycles. The van der Waals surface area contributed by atoms with Crippen LogP contribution in [0.2, 0.25) is 0 Å². The molecule has 9 nitrogen and oxygen atoms in total. The molecule has 0 bridgehead atoms. The van der Waals surface area contributed by atoms with Crippen LogP contribution in [-0.4, -0.2) is 50.1 Å². The summed E-state index contributed by atoms with van der Waals surface area (Å²) in [5.41, 5.74) is 1.29. The van der Waals surface area contributed by atoms with E-state index in [1.165, 1.54) is 34.6 Å². The monoisotopic (exact) mass is 471 g/mol. The zero-order valence-electron chi connectivity index (χ0n) is 17.8. The Hall–Kier alpha value is -3.21. The van der Waals surface area contributed by atoms with Crippen LogP contribution in [0, 0.1) is 5.92 Å². The predicted molar refractivity (Wildman–Crippen MR) is 121 cm³/mol. The third kappa shape index (κ3) is 5.41. The van der Waals surface area contributed by atoms with Gasteiger partial charge in [0.25, 0.3) is 0 Å². The summed E-state index contributed by atoms with van der Waals surface area (Å²) in [4.78, 5) is 23.6. The first-order valence-electron chi connectivity index (χ1n) is 10.5. The summed E-state index contributed by atoms with van der Waals surface area (Å²) in [6.45, 7) is 4.09. The van der Waals surface area contributed by atoms with Crippen LogP contribution in [-0.2, 0) is 30.9 Å². The summed E-state index contributed by atoms with van der Waals surface area (Å²) in [6.07, 6.45) is 0.398. The van der Waals surface area contributed by atoms with Gasteiger partial charge in [0.2, 0.25) is 15.9 Å². The van der Waals surface area contributed by atoms with Crippen LogP contribution >= 0.6 is 0 Å². The second kappa shape index (κ2) is 9.74. The van der Waals surface area contributed by atoms with Gasteiger partial charge in [0, 0.05) is 24.7 Å². The molecular weight excluding hydrogens is 446 g/mol. The average Bonchev–Trinajstić information content (AvgIpc) is 3.38. The molecule has 2 N–H and O–H groups in total. The van der Waals surface area contributed by atoms with Gasteiger partial charge in [-0.25, -0.2) is 13.2 Å². The Morgan fingerprint density at radius 3 is 2.52 bits per heavy atom. The molecule has 2 aliphatic heterocycles. The number of sulfonamides is 1. The molecule has 3 unspecified atom stereocenters. The van der Waals surface area contributed by atoms with E-state index in [9.17, 15) is 18.0 Å². The average molecular weight is 472 g/mol. The molecule has 2 aliphatic rings. The van der Waals surface area contributed by atoms with E-state index in [2.05, 4.69) is 17.2 Å². The zero-order chi connectivity index (χ0) is 23.4. The predicted octanol–water partition coefficient (Wildman–Crippen LogP) is 2.47. The highest BCUT2D eigenvalue weighted by Gasteiger charge is 2.46. The molecule has 2 aromatic rings. The Balaban J connectivity index is 1.31. The number of amides is 2. The summed E-state index contributed by atoms with van der Waals surface area (Å²) in [5.74, 6) is -0.308. The molecule has 0 spiro atoms. The number of fused-ring (bicyclic) bond motifs is 1. The standard InChI is InChI=1S/C23H25N3O6S/c1-2-21(27)25-22-12-17-13-26(14-20(17)32-22)33(29,30)19-10-8-18(9-11-19)24-23(28)31-15-16-6-4-3-5-7-16/h2-11,17,20,22H,1,12-15H2,(H,24,28)(H,25,27). The minimum atomic E-state index is -3.71. The number of anilines is 1. The fourth-order valence-corrected chi connectivity index (χ4v) is 5.48. The Morgan fingerprint density at radius 1 is 1.12 bits per heavy atom. The van der Waals surface area contributed by atoms with Crippen LogP contribution in [0.4, 0.5) is 10.5 Å². The normalized spacial score (nSPS) is 22.4. The van der Waals surface area contributed by atoms with E-state index in [1.54, 1.807) is 0 Å². The van der Waals surface area contributed by atoms with Crippen molar-refractivity contribution < 1.29 is 27.5 Å². The Labute approximate surface area is 192 Å². The van der Waals surface area contributed by atoms with E-state index in [-0.39, 0.29) is 36.0 Å². The van der Waals surface area contributed by atoms with Crippen molar-refractivity contribution in [2.75, 3.05) is 18.4 Å². The maximum atomic E-state index is 13.0. The number of nitrogens with zero attached hydrogens (tertiary/aromatic N) is 1. The van der Waals surface area contributed by atoms with E-state index in [0.717, 1.165) is 5.56 Å². The van der Waals surface area contributed by atoms with E-state index in [1.807, 2.05) is 30.3 Å². The van der Waals surface area contributed by atoms with Crippen LogP contribution in [0.15, 0.2) is 72.1 Å². The largest absolute Gasteiger partial charge is 0.444 e. The van der Waals surface area contributed by atoms with Gasteiger partial charge in [0.15, 0.2) is 0 Å². The van der Waals surface area contributed by atoms with Crippen molar-refractivity contribution in [2.24, 2.45) is 5.92 Å². The topological polar surface area (TPSA) is 114 Å². The fraction of sp³-hybridized carbons (Fsp3) is 0.304. The second-order valence-electron chi connectivity index (χ2n) is 7.90. The molecule has 0 aromatic heterocycles. The summed E-state index contributed by atoms with van der Waals surface area (Å²) in [5, 5.41) is 5.28. The van der Waals surface area contributed by atoms with Crippen LogP contribution in [0.3, 0.4) is 0 Å². The number of benzene rings is 2. The number of carbonyl (C=O) groups excluding carboxylic acids is 2. The molecule has 2 heterocycles. The summed E-state index contributed by atoms with van der Waals surface area (Å²) >= 11 is 0. The van der Waals surface area contributed by atoms with Gasteiger partial charge < -0.3 is 14.8 Å². The lowest BCUT2D eigenvalue weighted by Crippen LogP contribution is -2.37. The third-order valence-corrected chi connectivity index (χ3v) is 7.49. The van der Waals surface area contributed by atoms with Gasteiger partial charge in [0.05, 0.1) is 11.0 Å². The molecule has 2 fully saturated rings. The zero-order valence-corrected chi connectivity index (χ0v) is 18.7. The molecule has 0 radical (unpaired) electrons. The lowest BCUT2D eigenvalue weighted by molar-refractivity contribution is -0.120. The van der Waals surface area contributed by atoms with Crippen LogP contribution in [0.5, 0.6) is 0 Å². The lowest BCUT2D eigenvalue weighted by Gasteiger charge is -2.19. The van der Waals surface area contributed by atoms with Crippen molar-refractivity contribution in [3.05, 3.63) is 72.8 Å². The number of nitrogens with one attached hydrogen (secondary N) is 2. The Morgan fingerprint density at radius 2 is 1.85 bits per heavy atom. The van der Waals surface area contributed by atoms with Crippen molar-refractivity contribution in [3.8, 4) is 0 Å². The van der Waals surface area contributed by atoms with Gasteiger partial charge in [0.1, 0.15) is 12.8 Å². The Kier molecular flexibility index (Phi) is 6.77. The second-order valence-corrected chi connectivity index (χ2v) is 9.84. The van der Waals surface area contributed by atoms with Crippen molar-refractivity contribution in [1.29, 1.82) is 0 Å². The molecule has 0 saturated carbocycles. The van der Waals surface area contributed by atoms with Crippen LogP contribution in [0.25, 0.3) is 0 Å². The van der Waals surface area contributed by atoms with E-state index in [0.29, 0.717) is 18.7 Å². The molecular formula is C23H25N3O6S. The first-order valence-corrected chi connectivity index (χ1v) is 12.0. The van der Waals surface area contributed by atoms with Gasteiger partial charge in [-0.3, -0.25) is 10.1 Å². The summed E-state index contributed by atoms with van der Waals surface area (Å²) < 4.78 is 38.4. The van der Waals surface area contributed by atoms with Crippen molar-refractivity contribution in [3.63, 3.8) is 0 Å². The number of hydrogen-bond acceptors (Lipinski definition) is 6. The number of hydrogen-bond donors (Lipinski definition) is 2. The molecule has 4 rings (SSSR count). The van der Waals surface area contributed by atoms with E-state index < -0.39 is 22.3 Å². The van der Waals surface area contributed by atoms with Crippen molar-refractivity contribution >= 4 is 27.7 Å². The lowest BCUT2D eigenvalue weighted by atomic mass is 10.1. The van der Waals surface area contributed by atoms with Crippen molar-refractivity contribution in [1.82, 2.24) is 9.62 Å². The van der Waals surface area contributed by atoms with Crippen molar-refractivity contribution in [2.45, 2.75) is 30.3 Å². The molecule has 2 amide bonds. The Bertz CT molecular complexity index is 1110. The van der Waals surface area contributed by atoms with E-state index in [4.69, 9.17) is 9.47 Å². The van der Waals surface area contributed by atoms with Gasteiger partial charge in [-0.2, -0.15) is 4.31 Å². The minimum Gasteiger partial charge on any atom is -0.444 e. The molecule has 2 aromatic carbocycles. The molecule has 2 saturated heterocycles. The summed E-state index contributed by atoms with van der Waals surface area (Å²) in [6, 6.07) is 15.2. The van der Waals surface area contributed by atoms with Gasteiger partial charge in [-0.05, 0) is 42.3 Å². The number of carbonyl (C=O) groups is 2. The van der Waals surface area contributed by atoms with Gasteiger partial charge >= 0.3 is 6.09 Å². The van der Waals surface area contributed by atoms with Crippen LogP contribution in [0.1, 0.15) is 12.0 Å². The van der Waals surface area contributed by atoms with Gasteiger partial charge in [-0.1, -0.05) is 36.9 Å². The molecule has 174 valence electrons. The summed E-state index contributed by atoms with van der Waals surface area (Å²) in [7, 11) is -3.71. The highest BCUT2D eigenvalue weighted by atomic mass is 32.2. The van der Waals surface area contributed by atoms with Gasteiger partial charge in [-0.15, -0.1) is 0 Å². The molecule has 3 atom stereocenters. The molecule has 10 heteroatoms. The SMILES string of the molecule is C=CC(=O)NC1CC2CN(S(=O)(=O)c3ccc(NC(=O)OCc4ccccc4)cc3)CC2O1. The fourth-order valence-electron chi connectivity index (χ4n) is 3.97. The number of rotatable bonds is 7. The minimum absolute atomic E-state index is 0.00946. The first kappa shape index (κ1) is 23.0. The highest BCUT2D eigenvalue weighted by Crippen LogP contribution is 2.35. The number of ether oxygens (including phenoxy) is 2. The first-order chi connectivity index (χ1) is 15.8.